The van der Waals surface area contributed by atoms with E-state index in [4.69, 9.17) is 4.74 Å². The SMILES string of the molecule is CC(C)(C)OC(=O)N1CCCN(c2c(C=O)c3cccnc3n2-c2ccccc2)CC1. The summed E-state index contributed by atoms with van der Waals surface area (Å²) in [7, 11) is 0. The van der Waals surface area contributed by atoms with Gasteiger partial charge < -0.3 is 14.5 Å². The maximum Gasteiger partial charge on any atom is 0.410 e. The lowest BCUT2D eigenvalue weighted by atomic mass is 10.2. The Morgan fingerprint density at radius 2 is 1.81 bits per heavy atom. The van der Waals surface area contributed by atoms with Crippen LogP contribution in [-0.4, -0.2) is 58.6 Å². The Bertz CT molecular complexity index is 1090. The summed E-state index contributed by atoms with van der Waals surface area (Å²) in [6.45, 7) is 8.08. The molecule has 0 N–H and O–H groups in total. The molecule has 162 valence electrons. The molecule has 3 aromatic rings. The monoisotopic (exact) mass is 420 g/mol. The van der Waals surface area contributed by atoms with Gasteiger partial charge in [-0.15, -0.1) is 0 Å². The summed E-state index contributed by atoms with van der Waals surface area (Å²) in [6, 6.07) is 13.7. The van der Waals surface area contributed by atoms with E-state index in [1.807, 2.05) is 67.8 Å². The van der Waals surface area contributed by atoms with Gasteiger partial charge in [-0.25, -0.2) is 9.78 Å². The van der Waals surface area contributed by atoms with Crippen molar-refractivity contribution >= 4 is 29.2 Å². The Morgan fingerprint density at radius 1 is 1.03 bits per heavy atom. The van der Waals surface area contributed by atoms with Crippen molar-refractivity contribution in [2.24, 2.45) is 0 Å². The number of aldehydes is 1. The van der Waals surface area contributed by atoms with Crippen LogP contribution in [-0.2, 0) is 4.74 Å². The Kier molecular flexibility index (Phi) is 5.67. The van der Waals surface area contributed by atoms with E-state index in [1.54, 1.807) is 11.1 Å². The van der Waals surface area contributed by atoms with Crippen LogP contribution in [0.15, 0.2) is 48.7 Å². The van der Waals surface area contributed by atoms with E-state index in [2.05, 4.69) is 9.88 Å². The first kappa shape index (κ1) is 20.9. The summed E-state index contributed by atoms with van der Waals surface area (Å²) < 4.78 is 7.60. The van der Waals surface area contributed by atoms with Crippen molar-refractivity contribution in [1.29, 1.82) is 0 Å². The molecule has 0 bridgehead atoms. The van der Waals surface area contributed by atoms with Crippen molar-refractivity contribution in [2.45, 2.75) is 32.8 Å². The van der Waals surface area contributed by atoms with Crippen LogP contribution >= 0.6 is 0 Å². The Morgan fingerprint density at radius 3 is 2.52 bits per heavy atom. The number of benzene rings is 1. The standard InChI is InChI=1S/C24H28N4O3/c1-24(2,3)31-23(30)27-14-8-13-26(15-16-27)22-20(17-29)19-11-7-12-25-21(19)28(22)18-9-5-4-6-10-18/h4-7,9-12,17H,8,13-16H2,1-3H3. The molecule has 7 nitrogen and oxygen atoms in total. The first-order valence-electron chi connectivity index (χ1n) is 10.6. The molecule has 1 saturated heterocycles. The molecular formula is C24H28N4O3. The number of fused-ring (bicyclic) bond motifs is 1. The summed E-state index contributed by atoms with van der Waals surface area (Å²) in [5.41, 5.74) is 1.79. The number of pyridine rings is 1. The fourth-order valence-electron chi connectivity index (χ4n) is 4.01. The molecule has 2 aromatic heterocycles. The number of amides is 1. The quantitative estimate of drug-likeness (QED) is 0.592. The van der Waals surface area contributed by atoms with Gasteiger partial charge in [0.1, 0.15) is 17.1 Å². The number of carbonyl (C=O) groups is 2. The van der Waals surface area contributed by atoms with Gasteiger partial charge in [-0.3, -0.25) is 9.36 Å². The van der Waals surface area contributed by atoms with Gasteiger partial charge in [-0.1, -0.05) is 18.2 Å². The molecule has 7 heteroatoms. The minimum Gasteiger partial charge on any atom is -0.444 e. The predicted octanol–water partition coefficient (Wildman–Crippen LogP) is 4.29. The van der Waals surface area contributed by atoms with Gasteiger partial charge in [-0.05, 0) is 51.5 Å². The smallest absolute Gasteiger partial charge is 0.410 e. The zero-order chi connectivity index (χ0) is 22.0. The maximum atomic E-state index is 12.6. The topological polar surface area (TPSA) is 67.7 Å². The molecule has 1 aliphatic heterocycles. The highest BCUT2D eigenvalue weighted by Crippen LogP contribution is 2.34. The summed E-state index contributed by atoms with van der Waals surface area (Å²) in [4.78, 5) is 33.3. The third-order valence-corrected chi connectivity index (χ3v) is 5.32. The van der Waals surface area contributed by atoms with E-state index in [1.165, 1.54) is 0 Å². The van der Waals surface area contributed by atoms with Gasteiger partial charge in [0.05, 0.1) is 5.56 Å². The molecule has 0 unspecified atom stereocenters. The largest absolute Gasteiger partial charge is 0.444 e. The first-order valence-corrected chi connectivity index (χ1v) is 10.6. The Balaban J connectivity index is 1.73. The number of rotatable bonds is 3. The van der Waals surface area contributed by atoms with Gasteiger partial charge in [0.2, 0.25) is 0 Å². The van der Waals surface area contributed by atoms with Crippen LogP contribution < -0.4 is 4.90 Å². The minimum atomic E-state index is -0.529. The first-order chi connectivity index (χ1) is 14.9. The number of hydrogen-bond donors (Lipinski definition) is 0. The van der Waals surface area contributed by atoms with Gasteiger partial charge in [0.15, 0.2) is 6.29 Å². The van der Waals surface area contributed by atoms with Crippen molar-refractivity contribution in [2.75, 3.05) is 31.1 Å². The highest BCUT2D eigenvalue weighted by atomic mass is 16.6. The normalized spacial score (nSPS) is 15.1. The number of nitrogens with zero attached hydrogens (tertiary/aromatic N) is 4. The van der Waals surface area contributed by atoms with Crippen molar-refractivity contribution in [3.05, 3.63) is 54.2 Å². The van der Waals surface area contributed by atoms with Crippen LogP contribution in [0.4, 0.5) is 10.6 Å². The van der Waals surface area contributed by atoms with Crippen LogP contribution in [0.3, 0.4) is 0 Å². The summed E-state index contributed by atoms with van der Waals surface area (Å²) >= 11 is 0. The van der Waals surface area contributed by atoms with Crippen LogP contribution in [0.25, 0.3) is 16.7 Å². The summed E-state index contributed by atoms with van der Waals surface area (Å²) in [6.07, 6.45) is 3.14. The third kappa shape index (κ3) is 4.26. The van der Waals surface area contributed by atoms with Gasteiger partial charge in [0.25, 0.3) is 0 Å². The van der Waals surface area contributed by atoms with E-state index in [0.717, 1.165) is 41.8 Å². The van der Waals surface area contributed by atoms with Crippen LogP contribution in [0.5, 0.6) is 0 Å². The molecule has 1 aliphatic rings. The Hall–Kier alpha value is -3.35. The lowest BCUT2D eigenvalue weighted by Gasteiger charge is -2.27. The van der Waals surface area contributed by atoms with Crippen LogP contribution in [0.1, 0.15) is 37.6 Å². The molecule has 1 aromatic carbocycles. The van der Waals surface area contributed by atoms with Crippen molar-refractivity contribution in [3.63, 3.8) is 0 Å². The molecule has 0 aliphatic carbocycles. The van der Waals surface area contributed by atoms with Crippen molar-refractivity contribution in [1.82, 2.24) is 14.5 Å². The lowest BCUT2D eigenvalue weighted by Crippen LogP contribution is -2.39. The zero-order valence-electron chi connectivity index (χ0n) is 18.2. The number of hydrogen-bond acceptors (Lipinski definition) is 5. The second-order valence-corrected chi connectivity index (χ2v) is 8.71. The summed E-state index contributed by atoms with van der Waals surface area (Å²) in [5.74, 6) is 0.820. The maximum absolute atomic E-state index is 12.6. The number of anilines is 1. The van der Waals surface area contributed by atoms with E-state index in [-0.39, 0.29) is 6.09 Å². The molecule has 0 radical (unpaired) electrons. The van der Waals surface area contributed by atoms with Gasteiger partial charge >= 0.3 is 6.09 Å². The molecule has 4 rings (SSSR count). The fourth-order valence-corrected chi connectivity index (χ4v) is 4.01. The van der Waals surface area contributed by atoms with Gasteiger partial charge in [0, 0.05) is 43.4 Å². The molecule has 1 fully saturated rings. The lowest BCUT2D eigenvalue weighted by molar-refractivity contribution is 0.0263. The van der Waals surface area contributed by atoms with Crippen LogP contribution in [0.2, 0.25) is 0 Å². The second-order valence-electron chi connectivity index (χ2n) is 8.71. The number of carbonyl (C=O) groups excluding carboxylic acids is 2. The average molecular weight is 421 g/mol. The molecule has 0 spiro atoms. The minimum absolute atomic E-state index is 0.296. The third-order valence-electron chi connectivity index (χ3n) is 5.32. The number of ether oxygens (including phenoxy) is 1. The van der Waals surface area contributed by atoms with Crippen molar-refractivity contribution < 1.29 is 14.3 Å². The molecule has 3 heterocycles. The Labute approximate surface area is 182 Å². The van der Waals surface area contributed by atoms with E-state index in [0.29, 0.717) is 25.2 Å². The second kappa shape index (κ2) is 8.41. The predicted molar refractivity (Wildman–Crippen MR) is 121 cm³/mol. The molecule has 0 atom stereocenters. The average Bonchev–Trinajstić information content (AvgIpc) is 2.88. The van der Waals surface area contributed by atoms with E-state index in [9.17, 15) is 9.59 Å². The van der Waals surface area contributed by atoms with Gasteiger partial charge in [-0.2, -0.15) is 0 Å². The van der Waals surface area contributed by atoms with Crippen molar-refractivity contribution in [3.8, 4) is 5.69 Å². The highest BCUT2D eigenvalue weighted by molar-refractivity contribution is 6.03. The fraction of sp³-hybridized carbons (Fsp3) is 0.375. The summed E-state index contributed by atoms with van der Waals surface area (Å²) in [5, 5.41) is 0.824. The van der Waals surface area contributed by atoms with E-state index < -0.39 is 5.60 Å². The molecule has 0 saturated carbocycles. The molecule has 31 heavy (non-hydrogen) atoms. The zero-order valence-corrected chi connectivity index (χ0v) is 18.2. The molecular weight excluding hydrogens is 392 g/mol. The number of para-hydroxylation sites is 1. The highest BCUT2D eigenvalue weighted by Gasteiger charge is 2.28. The number of aromatic nitrogens is 2. The van der Waals surface area contributed by atoms with E-state index >= 15 is 0 Å². The molecule has 1 amide bonds. The van der Waals surface area contributed by atoms with Crippen LogP contribution in [0, 0.1) is 0 Å².